The summed E-state index contributed by atoms with van der Waals surface area (Å²) in [5, 5.41) is 10.9. The predicted octanol–water partition coefficient (Wildman–Crippen LogP) is 4.08. The summed E-state index contributed by atoms with van der Waals surface area (Å²) in [6, 6.07) is 13.9. The van der Waals surface area contributed by atoms with Crippen molar-refractivity contribution in [2.75, 3.05) is 0 Å². The van der Waals surface area contributed by atoms with Gasteiger partial charge in [-0.15, -0.1) is 0 Å². The standard InChI is InChI=1S/C14H11ClOS/c15-10-5-6-13-9(7-10)8-12(16)11-3-1-2-4-14(11)17-13/h1-7,12,16H,8H2. The Morgan fingerprint density at radius 3 is 2.82 bits per heavy atom. The van der Waals surface area contributed by atoms with E-state index in [4.69, 9.17) is 11.6 Å². The summed E-state index contributed by atoms with van der Waals surface area (Å²) in [6.45, 7) is 0. The van der Waals surface area contributed by atoms with E-state index in [9.17, 15) is 5.11 Å². The van der Waals surface area contributed by atoms with Crippen molar-refractivity contribution in [2.24, 2.45) is 0 Å². The van der Waals surface area contributed by atoms with E-state index in [2.05, 4.69) is 0 Å². The van der Waals surface area contributed by atoms with Crippen LogP contribution in [0.25, 0.3) is 0 Å². The molecule has 2 aromatic rings. The molecule has 1 unspecified atom stereocenters. The number of halogens is 1. The molecule has 0 aromatic heterocycles. The molecule has 0 spiro atoms. The van der Waals surface area contributed by atoms with Gasteiger partial charge in [0.15, 0.2) is 0 Å². The molecule has 1 heterocycles. The smallest absolute Gasteiger partial charge is 0.0841 e. The fourth-order valence-corrected chi connectivity index (χ4v) is 3.40. The van der Waals surface area contributed by atoms with Crippen molar-refractivity contribution in [1.29, 1.82) is 0 Å². The van der Waals surface area contributed by atoms with Crippen LogP contribution in [-0.4, -0.2) is 5.11 Å². The van der Waals surface area contributed by atoms with E-state index < -0.39 is 6.10 Å². The third-order valence-corrected chi connectivity index (χ3v) is 4.38. The van der Waals surface area contributed by atoms with Crippen LogP contribution < -0.4 is 0 Å². The van der Waals surface area contributed by atoms with E-state index in [0.29, 0.717) is 6.42 Å². The molecule has 1 N–H and O–H groups in total. The fourth-order valence-electron chi connectivity index (χ4n) is 2.09. The molecular formula is C14H11ClOS. The van der Waals surface area contributed by atoms with Crippen LogP contribution in [0, 0.1) is 0 Å². The summed E-state index contributed by atoms with van der Waals surface area (Å²) in [7, 11) is 0. The molecule has 0 aliphatic carbocycles. The van der Waals surface area contributed by atoms with Crippen LogP contribution in [0.4, 0.5) is 0 Å². The van der Waals surface area contributed by atoms with Crippen molar-refractivity contribution in [3.05, 3.63) is 58.6 Å². The van der Waals surface area contributed by atoms with E-state index in [1.807, 2.05) is 42.5 Å². The Morgan fingerprint density at radius 2 is 1.94 bits per heavy atom. The monoisotopic (exact) mass is 262 g/mol. The first-order valence-corrected chi connectivity index (χ1v) is 6.67. The van der Waals surface area contributed by atoms with Gasteiger partial charge in [-0.05, 0) is 35.4 Å². The largest absolute Gasteiger partial charge is 0.388 e. The molecule has 2 aromatic carbocycles. The fraction of sp³-hybridized carbons (Fsp3) is 0.143. The lowest BCUT2D eigenvalue weighted by Gasteiger charge is -2.10. The summed E-state index contributed by atoms with van der Waals surface area (Å²) in [5.74, 6) is 0. The zero-order chi connectivity index (χ0) is 11.8. The molecule has 86 valence electrons. The van der Waals surface area contributed by atoms with Crippen molar-refractivity contribution in [3.63, 3.8) is 0 Å². The second kappa shape index (κ2) is 4.37. The molecular weight excluding hydrogens is 252 g/mol. The molecule has 0 saturated carbocycles. The SMILES string of the molecule is OC1Cc2cc(Cl)ccc2Sc2ccccc21. The molecule has 3 heteroatoms. The molecule has 1 aliphatic rings. The summed E-state index contributed by atoms with van der Waals surface area (Å²) in [4.78, 5) is 2.31. The van der Waals surface area contributed by atoms with Crippen molar-refractivity contribution in [2.45, 2.75) is 22.3 Å². The average molecular weight is 263 g/mol. The lowest BCUT2D eigenvalue weighted by Crippen LogP contribution is -2.01. The lowest BCUT2D eigenvalue weighted by molar-refractivity contribution is 0.175. The van der Waals surface area contributed by atoms with Gasteiger partial charge in [0.05, 0.1) is 6.10 Å². The minimum atomic E-state index is -0.446. The quantitative estimate of drug-likeness (QED) is 0.772. The predicted molar refractivity (Wildman–Crippen MR) is 70.7 cm³/mol. The van der Waals surface area contributed by atoms with E-state index in [0.717, 1.165) is 21.0 Å². The van der Waals surface area contributed by atoms with Crippen LogP contribution in [0.15, 0.2) is 52.3 Å². The third kappa shape index (κ3) is 2.08. The zero-order valence-corrected chi connectivity index (χ0v) is 10.6. The second-order valence-corrected chi connectivity index (χ2v) is 5.63. The molecule has 0 fully saturated rings. The Labute approximate surface area is 109 Å². The minimum absolute atomic E-state index is 0.446. The van der Waals surface area contributed by atoms with Crippen LogP contribution in [0.5, 0.6) is 0 Å². The van der Waals surface area contributed by atoms with E-state index in [1.54, 1.807) is 11.8 Å². The van der Waals surface area contributed by atoms with Crippen LogP contribution in [0.3, 0.4) is 0 Å². The van der Waals surface area contributed by atoms with Gasteiger partial charge in [0.25, 0.3) is 0 Å². The summed E-state index contributed by atoms with van der Waals surface area (Å²) in [6.07, 6.45) is 0.179. The maximum Gasteiger partial charge on any atom is 0.0841 e. The number of aliphatic hydroxyl groups excluding tert-OH is 1. The molecule has 0 saturated heterocycles. The van der Waals surface area contributed by atoms with Crippen LogP contribution in [0.1, 0.15) is 17.2 Å². The summed E-state index contributed by atoms with van der Waals surface area (Å²) < 4.78 is 0. The van der Waals surface area contributed by atoms with Gasteiger partial charge in [0.2, 0.25) is 0 Å². The molecule has 1 atom stereocenters. The normalized spacial score (nSPS) is 18.1. The molecule has 1 aliphatic heterocycles. The van der Waals surface area contributed by atoms with Gasteiger partial charge in [-0.1, -0.05) is 41.6 Å². The third-order valence-electron chi connectivity index (χ3n) is 2.93. The Morgan fingerprint density at radius 1 is 1.12 bits per heavy atom. The van der Waals surface area contributed by atoms with Gasteiger partial charge in [0, 0.05) is 21.2 Å². The number of hydrogen-bond donors (Lipinski definition) is 1. The summed E-state index contributed by atoms with van der Waals surface area (Å²) in [5.41, 5.74) is 2.12. The first kappa shape index (κ1) is 11.1. The molecule has 0 radical (unpaired) electrons. The second-order valence-electron chi connectivity index (χ2n) is 4.11. The lowest BCUT2D eigenvalue weighted by atomic mass is 10.0. The Hall–Kier alpha value is -0.960. The Bertz CT molecular complexity index is 568. The topological polar surface area (TPSA) is 20.2 Å². The first-order chi connectivity index (χ1) is 8.24. The molecule has 1 nitrogen and oxygen atoms in total. The van der Waals surface area contributed by atoms with Crippen molar-refractivity contribution in [1.82, 2.24) is 0 Å². The zero-order valence-electron chi connectivity index (χ0n) is 9.06. The first-order valence-electron chi connectivity index (χ1n) is 5.47. The van der Waals surface area contributed by atoms with Gasteiger partial charge in [-0.2, -0.15) is 0 Å². The number of rotatable bonds is 0. The van der Waals surface area contributed by atoms with Gasteiger partial charge in [-0.3, -0.25) is 0 Å². The molecule has 0 amide bonds. The van der Waals surface area contributed by atoms with Crippen LogP contribution >= 0.6 is 23.4 Å². The highest BCUT2D eigenvalue weighted by Crippen LogP contribution is 2.41. The van der Waals surface area contributed by atoms with Crippen molar-refractivity contribution >= 4 is 23.4 Å². The molecule has 3 rings (SSSR count). The Balaban J connectivity index is 2.13. The number of benzene rings is 2. The Kier molecular flexibility index (Phi) is 2.87. The van der Waals surface area contributed by atoms with Gasteiger partial charge in [0.1, 0.15) is 0 Å². The van der Waals surface area contributed by atoms with Crippen LogP contribution in [0.2, 0.25) is 5.02 Å². The van der Waals surface area contributed by atoms with E-state index in [1.165, 1.54) is 4.90 Å². The summed E-state index contributed by atoms with van der Waals surface area (Å²) >= 11 is 7.70. The maximum absolute atomic E-state index is 10.2. The highest BCUT2D eigenvalue weighted by Gasteiger charge is 2.20. The minimum Gasteiger partial charge on any atom is -0.388 e. The van der Waals surface area contributed by atoms with Gasteiger partial charge >= 0.3 is 0 Å². The van der Waals surface area contributed by atoms with Gasteiger partial charge in [-0.25, -0.2) is 0 Å². The van der Waals surface area contributed by atoms with Crippen molar-refractivity contribution < 1.29 is 5.11 Å². The van der Waals surface area contributed by atoms with Crippen LogP contribution in [-0.2, 0) is 6.42 Å². The highest BCUT2D eigenvalue weighted by atomic mass is 35.5. The molecule has 0 bridgehead atoms. The molecule has 17 heavy (non-hydrogen) atoms. The highest BCUT2D eigenvalue weighted by molar-refractivity contribution is 7.99. The number of aliphatic hydroxyl groups is 1. The number of fused-ring (bicyclic) bond motifs is 2. The van der Waals surface area contributed by atoms with E-state index in [-0.39, 0.29) is 0 Å². The number of hydrogen-bond acceptors (Lipinski definition) is 2. The maximum atomic E-state index is 10.2. The van der Waals surface area contributed by atoms with Crippen molar-refractivity contribution in [3.8, 4) is 0 Å². The van der Waals surface area contributed by atoms with Gasteiger partial charge < -0.3 is 5.11 Å². The van der Waals surface area contributed by atoms with E-state index >= 15 is 0 Å². The average Bonchev–Trinajstić information content (AvgIpc) is 2.46.